The third-order valence-corrected chi connectivity index (χ3v) is 7.61. The molecule has 210 valence electrons. The van der Waals surface area contributed by atoms with Crippen LogP contribution in [0, 0.1) is 0 Å². The number of carbonyl (C=O) groups excluding carboxylic acids is 1. The molecular weight excluding hydrogens is 565 g/mol. The highest BCUT2D eigenvalue weighted by Gasteiger charge is 2.35. The Morgan fingerprint density at radius 2 is 1.80 bits per heavy atom. The van der Waals surface area contributed by atoms with Gasteiger partial charge in [-0.15, -0.1) is 0 Å². The lowest BCUT2D eigenvalue weighted by Crippen LogP contribution is -2.42. The molecule has 41 heavy (non-hydrogen) atoms. The highest BCUT2D eigenvalue weighted by atomic mass is 35.5. The van der Waals surface area contributed by atoms with Crippen molar-refractivity contribution >= 4 is 40.2 Å². The zero-order chi connectivity index (χ0) is 28.3. The van der Waals surface area contributed by atoms with Crippen molar-refractivity contribution in [3.05, 3.63) is 106 Å². The van der Waals surface area contributed by atoms with E-state index in [4.69, 9.17) is 32.7 Å². The van der Waals surface area contributed by atoms with Crippen LogP contribution in [0.1, 0.15) is 29.3 Å². The molecule has 0 radical (unpaired) electrons. The van der Waals surface area contributed by atoms with Gasteiger partial charge in [-0.3, -0.25) is 9.58 Å². The summed E-state index contributed by atoms with van der Waals surface area (Å²) < 4.78 is 13.2. The van der Waals surface area contributed by atoms with Gasteiger partial charge in [-0.05, 0) is 72.1 Å². The first kappa shape index (κ1) is 27.1. The minimum Gasteiger partial charge on any atom is -0.493 e. The van der Waals surface area contributed by atoms with Crippen LogP contribution in [0.2, 0.25) is 10.0 Å². The summed E-state index contributed by atoms with van der Waals surface area (Å²) in [5.74, 6) is 1.08. The van der Waals surface area contributed by atoms with E-state index in [0.717, 1.165) is 27.7 Å². The minimum atomic E-state index is -0.604. The number of amides is 1. The van der Waals surface area contributed by atoms with E-state index >= 15 is 0 Å². The number of carbonyl (C=O) groups is 1. The third-order valence-electron chi connectivity index (χ3n) is 7.12. The smallest absolute Gasteiger partial charge is 0.416 e. The Kier molecular flexibility index (Phi) is 7.82. The van der Waals surface area contributed by atoms with Crippen molar-refractivity contribution in [2.45, 2.75) is 31.5 Å². The second kappa shape index (κ2) is 11.8. The zero-order valence-corrected chi connectivity index (χ0v) is 23.4. The molecule has 2 N–H and O–H groups in total. The van der Waals surface area contributed by atoms with Crippen LogP contribution in [-0.4, -0.2) is 55.1 Å². The maximum absolute atomic E-state index is 13.5. The third kappa shape index (κ3) is 6.02. The number of rotatable bonds is 8. The van der Waals surface area contributed by atoms with Crippen molar-refractivity contribution in [3.63, 3.8) is 0 Å². The molecule has 0 saturated heterocycles. The number of aliphatic hydroxyl groups is 1. The topological polar surface area (TPSA) is 106 Å². The summed E-state index contributed by atoms with van der Waals surface area (Å²) in [5.41, 5.74) is 3.91. The zero-order valence-electron chi connectivity index (χ0n) is 21.9. The molecule has 1 unspecified atom stereocenters. The Morgan fingerprint density at radius 1 is 1.05 bits per heavy atom. The molecule has 2 aromatic heterocycles. The molecule has 2 atom stereocenters. The van der Waals surface area contributed by atoms with Gasteiger partial charge in [0, 0.05) is 39.6 Å². The summed E-state index contributed by atoms with van der Waals surface area (Å²) in [6.07, 6.45) is 3.03. The van der Waals surface area contributed by atoms with Crippen molar-refractivity contribution in [2.75, 3.05) is 13.2 Å². The van der Waals surface area contributed by atoms with Crippen LogP contribution in [0.15, 0.2) is 79.4 Å². The molecule has 3 aromatic carbocycles. The van der Waals surface area contributed by atoms with E-state index in [0.29, 0.717) is 54.1 Å². The van der Waals surface area contributed by atoms with Crippen LogP contribution < -0.4 is 9.47 Å². The molecule has 1 aliphatic rings. The monoisotopic (exact) mass is 591 g/mol. The van der Waals surface area contributed by atoms with Gasteiger partial charge in [0.05, 0.1) is 19.3 Å². The molecular formula is C30H27Cl2N5O4. The average molecular weight is 592 g/mol. The molecule has 6 rings (SSSR count). The summed E-state index contributed by atoms with van der Waals surface area (Å²) in [5, 5.41) is 16.5. The number of ether oxygens (including phenoxy) is 2. The Labute approximate surface area is 246 Å². The number of halogens is 2. The molecule has 9 nitrogen and oxygen atoms in total. The molecule has 0 spiro atoms. The van der Waals surface area contributed by atoms with Crippen LogP contribution in [0.25, 0.3) is 10.9 Å². The molecule has 1 amide bonds. The second-order valence-electron chi connectivity index (χ2n) is 9.85. The molecule has 5 aromatic rings. The number of aliphatic hydroxyl groups excluding tert-OH is 1. The molecule has 11 heteroatoms. The number of aromatic nitrogens is 4. The normalized spacial score (nSPS) is 15.5. The SMILES string of the molecule is O=C(Oc1ccc(Cl)cc1)N1CCc2c([nH]c3ccc(Cl)cc23)[C@@H]1c1ccc(OCCC(O)Cn2cncn2)cc1. The Bertz CT molecular complexity index is 1640. The standard InChI is InChI=1S/C30H27Cl2N5O4/c31-20-3-8-24(9-4-20)41-30(39)37-13-11-25-26-15-21(32)5-10-27(26)35-28(25)29(37)19-1-6-23(7-2-19)40-14-12-22(38)16-36-18-33-17-34-36/h1-10,15,17-18,22,29,35,38H,11-14,16H2/t22?,29-/m0/s1. The number of H-pyrrole nitrogens is 1. The number of fused-ring (bicyclic) bond motifs is 3. The van der Waals surface area contributed by atoms with Gasteiger partial charge in [0.25, 0.3) is 0 Å². The van der Waals surface area contributed by atoms with Crippen molar-refractivity contribution in [1.29, 1.82) is 0 Å². The minimum absolute atomic E-state index is 0.338. The number of aromatic amines is 1. The van der Waals surface area contributed by atoms with Gasteiger partial charge in [-0.1, -0.05) is 35.3 Å². The number of hydrogen-bond donors (Lipinski definition) is 2. The summed E-state index contributed by atoms with van der Waals surface area (Å²) in [6.45, 7) is 1.15. The summed E-state index contributed by atoms with van der Waals surface area (Å²) >= 11 is 12.3. The van der Waals surface area contributed by atoms with Gasteiger partial charge >= 0.3 is 6.09 Å². The average Bonchev–Trinajstić information content (AvgIpc) is 3.61. The van der Waals surface area contributed by atoms with Crippen molar-refractivity contribution in [1.82, 2.24) is 24.6 Å². The Morgan fingerprint density at radius 3 is 2.56 bits per heavy atom. The van der Waals surface area contributed by atoms with Gasteiger partial charge in [0.15, 0.2) is 0 Å². The maximum atomic E-state index is 13.5. The summed E-state index contributed by atoms with van der Waals surface area (Å²) in [6, 6.07) is 19.7. The van der Waals surface area contributed by atoms with Crippen molar-refractivity contribution < 1.29 is 19.4 Å². The number of nitrogens with one attached hydrogen (secondary N) is 1. The van der Waals surface area contributed by atoms with Gasteiger partial charge < -0.3 is 19.6 Å². The number of nitrogens with zero attached hydrogens (tertiary/aromatic N) is 4. The quantitative estimate of drug-likeness (QED) is 0.228. The van der Waals surface area contributed by atoms with Crippen molar-refractivity contribution in [3.8, 4) is 11.5 Å². The fourth-order valence-electron chi connectivity index (χ4n) is 5.16. The molecule has 3 heterocycles. The Balaban J connectivity index is 1.23. The molecule has 0 bridgehead atoms. The van der Waals surface area contributed by atoms with E-state index in [1.54, 1.807) is 40.2 Å². The maximum Gasteiger partial charge on any atom is 0.416 e. The van der Waals surface area contributed by atoms with Crippen LogP contribution in [0.4, 0.5) is 4.79 Å². The van der Waals surface area contributed by atoms with E-state index < -0.39 is 18.2 Å². The summed E-state index contributed by atoms with van der Waals surface area (Å²) in [7, 11) is 0. The highest BCUT2D eigenvalue weighted by Crippen LogP contribution is 2.40. The molecule has 1 aliphatic heterocycles. The fourth-order valence-corrected chi connectivity index (χ4v) is 5.46. The lowest BCUT2D eigenvalue weighted by Gasteiger charge is -2.35. The molecule has 0 saturated carbocycles. The van der Waals surface area contributed by atoms with Crippen molar-refractivity contribution in [2.24, 2.45) is 0 Å². The largest absolute Gasteiger partial charge is 0.493 e. The fraction of sp³-hybridized carbons (Fsp3) is 0.233. The first-order chi connectivity index (χ1) is 19.9. The first-order valence-electron chi connectivity index (χ1n) is 13.2. The van der Waals surface area contributed by atoms with E-state index in [1.165, 1.54) is 6.33 Å². The molecule has 0 fully saturated rings. The van der Waals surface area contributed by atoms with E-state index in [1.807, 2.05) is 42.5 Å². The van der Waals surface area contributed by atoms with Gasteiger partial charge in [0.1, 0.15) is 30.2 Å². The van der Waals surface area contributed by atoms with Crippen LogP contribution >= 0.6 is 23.2 Å². The second-order valence-corrected chi connectivity index (χ2v) is 10.7. The number of hydrogen-bond acceptors (Lipinski definition) is 6. The number of benzene rings is 3. The van der Waals surface area contributed by atoms with Gasteiger partial charge in [-0.2, -0.15) is 5.10 Å². The van der Waals surface area contributed by atoms with Crippen LogP contribution in [0.5, 0.6) is 11.5 Å². The predicted molar refractivity (Wildman–Crippen MR) is 156 cm³/mol. The lowest BCUT2D eigenvalue weighted by molar-refractivity contribution is 0.118. The van der Waals surface area contributed by atoms with Crippen LogP contribution in [-0.2, 0) is 13.0 Å². The Hall–Kier alpha value is -4.05. The van der Waals surface area contributed by atoms with E-state index in [-0.39, 0.29) is 0 Å². The van der Waals surface area contributed by atoms with E-state index in [9.17, 15) is 9.90 Å². The molecule has 0 aliphatic carbocycles. The summed E-state index contributed by atoms with van der Waals surface area (Å²) in [4.78, 5) is 22.6. The highest BCUT2D eigenvalue weighted by molar-refractivity contribution is 6.31. The van der Waals surface area contributed by atoms with E-state index in [2.05, 4.69) is 15.1 Å². The van der Waals surface area contributed by atoms with Crippen LogP contribution in [0.3, 0.4) is 0 Å². The first-order valence-corrected chi connectivity index (χ1v) is 14.0. The lowest BCUT2D eigenvalue weighted by atomic mass is 9.92. The van der Waals surface area contributed by atoms with Gasteiger partial charge in [0.2, 0.25) is 0 Å². The predicted octanol–water partition coefficient (Wildman–Crippen LogP) is 6.04. The van der Waals surface area contributed by atoms with Gasteiger partial charge in [-0.25, -0.2) is 9.78 Å².